The van der Waals surface area contributed by atoms with Crippen LogP contribution in [0, 0.1) is 0 Å². The first-order chi connectivity index (χ1) is 25.3. The molecule has 0 fully saturated rings. The second-order valence-corrected chi connectivity index (χ2v) is 14.3. The molecule has 0 atom stereocenters. The summed E-state index contributed by atoms with van der Waals surface area (Å²) in [6.07, 6.45) is 0. The fourth-order valence-corrected chi connectivity index (χ4v) is 9.29. The first kappa shape index (κ1) is 28.7. The van der Waals surface area contributed by atoms with Crippen LogP contribution in [-0.2, 0) is 0 Å². The molecule has 8 aromatic carbocycles. The third kappa shape index (κ3) is 4.41. The summed E-state index contributed by atoms with van der Waals surface area (Å²) in [6, 6.07) is 60.5. The lowest BCUT2D eigenvalue weighted by atomic mass is 9.35. The Balaban J connectivity index is 1.08. The second-order valence-electron chi connectivity index (χ2n) is 13.2. The fourth-order valence-electron chi connectivity index (χ4n) is 8.12. The van der Waals surface area contributed by atoms with Crippen LogP contribution in [0.25, 0.3) is 33.0 Å². The van der Waals surface area contributed by atoms with Crippen molar-refractivity contribution in [3.05, 3.63) is 170 Å². The third-order valence-corrected chi connectivity index (χ3v) is 11.5. The van der Waals surface area contributed by atoms with Crippen LogP contribution in [0.4, 0.5) is 17.1 Å². The molecular weight excluding hydrogens is 641 g/mol. The van der Waals surface area contributed by atoms with Crippen LogP contribution < -0.4 is 30.8 Å². The number of fused-ring (bicyclic) bond motifs is 6. The van der Waals surface area contributed by atoms with Gasteiger partial charge in [-0.25, -0.2) is 0 Å². The quantitative estimate of drug-likeness (QED) is 0.174. The average molecular weight is 670 g/mol. The molecule has 0 spiro atoms. The Morgan fingerprint density at radius 3 is 1.84 bits per heavy atom. The van der Waals surface area contributed by atoms with E-state index in [0.717, 1.165) is 56.5 Å². The largest absolute Gasteiger partial charge is 0.458 e. The van der Waals surface area contributed by atoms with Gasteiger partial charge in [-0.2, -0.15) is 0 Å². The van der Waals surface area contributed by atoms with Gasteiger partial charge in [0.1, 0.15) is 23.0 Å². The average Bonchev–Trinajstić information content (AvgIpc) is 3.19. The molecular formula is C46H28BNO2S. The smallest absolute Gasteiger partial charge is 0.260 e. The van der Waals surface area contributed by atoms with E-state index in [1.165, 1.54) is 42.7 Å². The molecule has 5 heteroatoms. The summed E-state index contributed by atoms with van der Waals surface area (Å²) in [6.45, 7) is 0.00397. The molecule has 0 saturated heterocycles. The number of nitrogens with zero attached hydrogens (tertiary/aromatic N) is 1. The summed E-state index contributed by atoms with van der Waals surface area (Å²) in [5.41, 5.74) is 11.6. The lowest BCUT2D eigenvalue weighted by molar-refractivity contribution is 0.464. The van der Waals surface area contributed by atoms with Gasteiger partial charge in [0.25, 0.3) is 6.71 Å². The molecule has 0 saturated carbocycles. The van der Waals surface area contributed by atoms with Crippen molar-refractivity contribution in [1.29, 1.82) is 0 Å². The zero-order valence-electron chi connectivity index (χ0n) is 27.4. The van der Waals surface area contributed by atoms with E-state index in [4.69, 9.17) is 9.47 Å². The van der Waals surface area contributed by atoms with Crippen LogP contribution in [-0.4, -0.2) is 6.71 Å². The lowest BCUT2D eigenvalue weighted by Gasteiger charge is -2.34. The van der Waals surface area contributed by atoms with Crippen molar-refractivity contribution in [2.45, 2.75) is 9.79 Å². The van der Waals surface area contributed by atoms with Gasteiger partial charge < -0.3 is 14.4 Å². The van der Waals surface area contributed by atoms with Crippen LogP contribution in [0.1, 0.15) is 0 Å². The number of para-hydroxylation sites is 2. The van der Waals surface area contributed by atoms with Crippen LogP contribution in [0.3, 0.4) is 0 Å². The molecule has 3 aliphatic heterocycles. The van der Waals surface area contributed by atoms with Crippen molar-refractivity contribution in [3.63, 3.8) is 0 Å². The topological polar surface area (TPSA) is 21.7 Å². The van der Waals surface area contributed by atoms with E-state index in [1.807, 2.05) is 17.8 Å². The Kier molecular flexibility index (Phi) is 6.28. The molecule has 0 aromatic heterocycles. The van der Waals surface area contributed by atoms with E-state index < -0.39 is 0 Å². The SMILES string of the molecule is c1ccc(-c2ccc3c(c2)Oc2cccc4c2B3c2cc3c(cc2O4)-c2ccc(N(c4ccccc4)c4ccccc4)c4cccc(c24)S3)cc1. The monoisotopic (exact) mass is 669 g/mol. The van der Waals surface area contributed by atoms with Crippen molar-refractivity contribution < 1.29 is 9.47 Å². The first-order valence-electron chi connectivity index (χ1n) is 17.3. The highest BCUT2D eigenvalue weighted by molar-refractivity contribution is 7.99. The number of benzene rings is 8. The van der Waals surface area contributed by atoms with Gasteiger partial charge in [-0.15, -0.1) is 0 Å². The Labute approximate surface area is 300 Å². The van der Waals surface area contributed by atoms with Crippen LogP contribution >= 0.6 is 11.8 Å². The fraction of sp³-hybridized carbons (Fsp3) is 0. The van der Waals surface area contributed by atoms with Crippen LogP contribution in [0.2, 0.25) is 0 Å². The van der Waals surface area contributed by atoms with Gasteiger partial charge in [0.15, 0.2) is 0 Å². The minimum Gasteiger partial charge on any atom is -0.458 e. The predicted molar refractivity (Wildman–Crippen MR) is 211 cm³/mol. The zero-order valence-corrected chi connectivity index (χ0v) is 28.2. The van der Waals surface area contributed by atoms with Crippen molar-refractivity contribution in [2.24, 2.45) is 0 Å². The molecule has 11 rings (SSSR count). The van der Waals surface area contributed by atoms with Crippen molar-refractivity contribution in [3.8, 4) is 45.3 Å². The van der Waals surface area contributed by atoms with Gasteiger partial charge in [0.05, 0.1) is 5.69 Å². The standard InChI is InChI=1S/C46H28BNO2S/c1-4-12-29(13-5-1)30-22-24-36-41(26-30)49-39-19-11-20-40-46(39)47(36)37-28-44-35(27-42(37)50-40)33-23-25-38(34-18-10-21-43(51-44)45(33)34)48(31-14-6-2-7-15-31)32-16-8-3-9-17-32/h1-28H. The lowest BCUT2D eigenvalue weighted by Crippen LogP contribution is -2.57. The van der Waals surface area contributed by atoms with Gasteiger partial charge in [-0.3, -0.25) is 0 Å². The van der Waals surface area contributed by atoms with E-state index in [-0.39, 0.29) is 6.71 Å². The van der Waals surface area contributed by atoms with Gasteiger partial charge in [0.2, 0.25) is 0 Å². The van der Waals surface area contributed by atoms with Gasteiger partial charge in [0, 0.05) is 37.4 Å². The molecule has 3 nitrogen and oxygen atoms in total. The normalized spacial score (nSPS) is 12.9. The van der Waals surface area contributed by atoms with E-state index in [9.17, 15) is 0 Å². The molecule has 238 valence electrons. The van der Waals surface area contributed by atoms with E-state index >= 15 is 0 Å². The molecule has 0 N–H and O–H groups in total. The summed E-state index contributed by atoms with van der Waals surface area (Å²) in [5.74, 6) is 3.51. The molecule has 0 amide bonds. The van der Waals surface area contributed by atoms with Crippen LogP contribution in [0.15, 0.2) is 180 Å². The summed E-state index contributed by atoms with van der Waals surface area (Å²) < 4.78 is 13.4. The number of hydrogen-bond acceptors (Lipinski definition) is 4. The summed E-state index contributed by atoms with van der Waals surface area (Å²) >= 11 is 1.85. The van der Waals surface area contributed by atoms with Crippen molar-refractivity contribution in [1.82, 2.24) is 0 Å². The highest BCUT2D eigenvalue weighted by Crippen LogP contribution is 2.52. The maximum Gasteiger partial charge on any atom is 0.260 e. The third-order valence-electron chi connectivity index (χ3n) is 10.4. The summed E-state index contributed by atoms with van der Waals surface area (Å²) in [7, 11) is 0. The molecule has 0 unspecified atom stereocenters. The minimum absolute atomic E-state index is 0.00397. The highest BCUT2D eigenvalue weighted by atomic mass is 32.2. The molecule has 3 heterocycles. The highest BCUT2D eigenvalue weighted by Gasteiger charge is 2.41. The van der Waals surface area contributed by atoms with E-state index in [1.54, 1.807) is 0 Å². The summed E-state index contributed by atoms with van der Waals surface area (Å²) in [4.78, 5) is 4.86. The molecule has 3 aliphatic rings. The first-order valence-corrected chi connectivity index (χ1v) is 18.1. The second kappa shape index (κ2) is 11.2. The molecule has 0 bridgehead atoms. The van der Waals surface area contributed by atoms with E-state index in [0.29, 0.717) is 0 Å². The Hall–Kier alpha value is -6.17. The maximum absolute atomic E-state index is 6.76. The van der Waals surface area contributed by atoms with Gasteiger partial charge in [-0.1, -0.05) is 115 Å². The number of ether oxygens (including phenoxy) is 2. The predicted octanol–water partition coefficient (Wildman–Crippen LogP) is 10.8. The van der Waals surface area contributed by atoms with Crippen molar-refractivity contribution in [2.75, 3.05) is 4.90 Å². The maximum atomic E-state index is 6.76. The van der Waals surface area contributed by atoms with Crippen molar-refractivity contribution >= 4 is 62.7 Å². The number of hydrogen-bond donors (Lipinski definition) is 0. The van der Waals surface area contributed by atoms with Gasteiger partial charge >= 0.3 is 0 Å². The molecule has 0 radical (unpaired) electrons. The Morgan fingerprint density at radius 1 is 0.451 bits per heavy atom. The zero-order chi connectivity index (χ0) is 33.5. The number of rotatable bonds is 4. The number of anilines is 3. The van der Waals surface area contributed by atoms with Gasteiger partial charge in [-0.05, 0) is 99.9 Å². The molecule has 0 aliphatic carbocycles. The Bertz CT molecular complexity index is 2640. The molecule has 51 heavy (non-hydrogen) atoms. The minimum atomic E-state index is 0.00397. The van der Waals surface area contributed by atoms with E-state index in [2.05, 4.69) is 169 Å². The summed E-state index contributed by atoms with van der Waals surface area (Å²) in [5, 5.41) is 2.49. The van der Waals surface area contributed by atoms with Crippen LogP contribution in [0.5, 0.6) is 23.0 Å². The molecule has 8 aromatic rings. The Morgan fingerprint density at radius 2 is 1.12 bits per heavy atom.